The molecule has 0 fully saturated rings. The molecule has 1 aromatic heterocycles. The lowest BCUT2D eigenvalue weighted by Crippen LogP contribution is -2.02. The quantitative estimate of drug-likeness (QED) is 0.859. The highest BCUT2D eigenvalue weighted by molar-refractivity contribution is 8.00. The van der Waals surface area contributed by atoms with Gasteiger partial charge in [0.25, 0.3) is 0 Å². The Bertz CT molecular complexity index is 601. The maximum Gasteiger partial charge on any atom is 0.336 e. The largest absolute Gasteiger partial charge is 0.478 e. The minimum absolute atomic E-state index is 0.00673. The van der Waals surface area contributed by atoms with Crippen molar-refractivity contribution in [2.75, 3.05) is 0 Å². The topological polar surface area (TPSA) is 63.1 Å². The van der Waals surface area contributed by atoms with E-state index in [-0.39, 0.29) is 5.56 Å². The molecule has 0 aliphatic carbocycles. The van der Waals surface area contributed by atoms with Crippen molar-refractivity contribution in [1.29, 1.82) is 0 Å². The predicted molar refractivity (Wildman–Crippen MR) is 72.2 cm³/mol. The molecule has 100 valence electrons. The van der Waals surface area contributed by atoms with Gasteiger partial charge in [-0.3, -0.25) is 0 Å². The summed E-state index contributed by atoms with van der Waals surface area (Å²) in [6, 6.07) is 3.79. The fourth-order valence-corrected chi connectivity index (χ4v) is 3.15. The number of aryl methyl sites for hydroxylation is 1. The van der Waals surface area contributed by atoms with E-state index in [4.69, 9.17) is 5.11 Å². The minimum atomic E-state index is -1.12. The zero-order chi connectivity index (χ0) is 13.8. The summed E-state index contributed by atoms with van der Waals surface area (Å²) < 4.78 is 18.0. The maximum absolute atomic E-state index is 13.0. The van der Waals surface area contributed by atoms with Crippen molar-refractivity contribution < 1.29 is 14.3 Å². The average Bonchev–Trinajstić information content (AvgIpc) is 2.85. The number of thioether (sulfide) groups is 1. The van der Waals surface area contributed by atoms with Crippen molar-refractivity contribution in [3.63, 3.8) is 0 Å². The van der Waals surface area contributed by atoms with Crippen molar-refractivity contribution >= 4 is 29.3 Å². The second kappa shape index (κ2) is 6.12. The first-order chi connectivity index (χ1) is 9.10. The van der Waals surface area contributed by atoms with Gasteiger partial charge in [-0.05, 0) is 29.2 Å². The fourth-order valence-electron chi connectivity index (χ4n) is 1.45. The summed E-state index contributed by atoms with van der Waals surface area (Å²) >= 11 is 2.70. The molecule has 0 atom stereocenters. The first kappa shape index (κ1) is 14.0. The molecule has 0 bridgehead atoms. The third-order valence-corrected chi connectivity index (χ3v) is 4.34. The van der Waals surface area contributed by atoms with Crippen LogP contribution in [0.3, 0.4) is 0 Å². The second-order valence-corrected chi connectivity index (χ2v) is 5.70. The van der Waals surface area contributed by atoms with Gasteiger partial charge in [0.1, 0.15) is 11.6 Å². The van der Waals surface area contributed by atoms with E-state index in [2.05, 4.69) is 9.36 Å². The normalized spacial score (nSPS) is 10.6. The number of aromatic nitrogens is 2. The molecule has 0 spiro atoms. The number of aromatic carboxylic acids is 1. The molecule has 0 saturated heterocycles. The predicted octanol–water partition coefficient (Wildman–Crippen LogP) is 3.23. The molecule has 1 N–H and O–H groups in total. The van der Waals surface area contributed by atoms with Crippen LogP contribution in [0.1, 0.15) is 28.7 Å². The van der Waals surface area contributed by atoms with Crippen LogP contribution in [-0.4, -0.2) is 20.4 Å². The van der Waals surface area contributed by atoms with Gasteiger partial charge in [-0.25, -0.2) is 14.2 Å². The first-order valence-corrected chi connectivity index (χ1v) is 7.33. The van der Waals surface area contributed by atoms with Crippen molar-refractivity contribution in [2.24, 2.45) is 0 Å². The van der Waals surface area contributed by atoms with Crippen molar-refractivity contribution in [1.82, 2.24) is 9.36 Å². The molecular weight excluding hydrogens is 287 g/mol. The summed E-state index contributed by atoms with van der Waals surface area (Å²) in [5.74, 6) is -0.456. The molecule has 0 radical (unpaired) electrons. The molecule has 0 aliphatic rings. The van der Waals surface area contributed by atoms with E-state index in [1.54, 1.807) is 0 Å². The van der Waals surface area contributed by atoms with Crippen LogP contribution in [0.15, 0.2) is 22.5 Å². The van der Waals surface area contributed by atoms with Crippen LogP contribution in [0.25, 0.3) is 0 Å². The Morgan fingerprint density at radius 1 is 1.53 bits per heavy atom. The molecule has 19 heavy (non-hydrogen) atoms. The number of benzene rings is 1. The molecule has 1 heterocycles. The van der Waals surface area contributed by atoms with Crippen molar-refractivity contribution in [2.45, 2.75) is 23.4 Å². The number of rotatable bonds is 5. The Balaban J connectivity index is 2.12. The number of halogens is 1. The molecule has 0 unspecified atom stereocenters. The Labute approximate surface area is 117 Å². The van der Waals surface area contributed by atoms with Gasteiger partial charge >= 0.3 is 5.97 Å². The van der Waals surface area contributed by atoms with Gasteiger partial charge in [-0.1, -0.05) is 24.8 Å². The van der Waals surface area contributed by atoms with Crippen LogP contribution in [0.2, 0.25) is 0 Å². The van der Waals surface area contributed by atoms with Crippen molar-refractivity contribution in [3.8, 4) is 0 Å². The van der Waals surface area contributed by atoms with Gasteiger partial charge in [-0.15, -0.1) is 0 Å². The van der Waals surface area contributed by atoms with E-state index in [1.165, 1.54) is 35.4 Å². The van der Waals surface area contributed by atoms with E-state index < -0.39 is 11.8 Å². The summed E-state index contributed by atoms with van der Waals surface area (Å²) in [6.45, 7) is 1.97. The fraction of sp³-hybridized carbons (Fsp3) is 0.250. The Morgan fingerprint density at radius 3 is 2.95 bits per heavy atom. The van der Waals surface area contributed by atoms with E-state index in [0.717, 1.165) is 22.7 Å². The Hall–Kier alpha value is -1.47. The summed E-state index contributed by atoms with van der Waals surface area (Å²) in [5, 5.41) is 9.03. The highest BCUT2D eigenvalue weighted by Crippen LogP contribution is 2.26. The summed E-state index contributed by atoms with van der Waals surface area (Å²) in [4.78, 5) is 15.3. The molecule has 1 aromatic carbocycles. The van der Waals surface area contributed by atoms with Gasteiger partial charge in [0.2, 0.25) is 0 Å². The Kier molecular flexibility index (Phi) is 4.49. The van der Waals surface area contributed by atoms with Gasteiger partial charge in [0, 0.05) is 12.2 Å². The standard InChI is InChI=1S/C12H11FN2O2S2/c1-2-10-14-12(19-15-10)18-6-7-3-4-8(13)5-9(7)11(16)17/h3-5H,2,6H2,1H3,(H,16,17). The van der Waals surface area contributed by atoms with Crippen molar-refractivity contribution in [3.05, 3.63) is 41.0 Å². The number of hydrogen-bond acceptors (Lipinski definition) is 5. The van der Waals surface area contributed by atoms with Crippen LogP contribution in [0.4, 0.5) is 4.39 Å². The zero-order valence-electron chi connectivity index (χ0n) is 10.1. The zero-order valence-corrected chi connectivity index (χ0v) is 11.7. The summed E-state index contributed by atoms with van der Waals surface area (Å²) in [6.07, 6.45) is 0.772. The molecule has 7 heteroatoms. The number of carboxylic acid groups (broad SMARTS) is 1. The van der Waals surface area contributed by atoms with Gasteiger partial charge in [-0.2, -0.15) is 4.37 Å². The van der Waals surface area contributed by atoms with Gasteiger partial charge in [0.05, 0.1) is 5.56 Å². The maximum atomic E-state index is 13.0. The van der Waals surface area contributed by atoms with E-state index >= 15 is 0 Å². The number of hydrogen-bond donors (Lipinski definition) is 1. The third-order valence-electron chi connectivity index (χ3n) is 2.42. The minimum Gasteiger partial charge on any atom is -0.478 e. The monoisotopic (exact) mass is 298 g/mol. The Morgan fingerprint density at radius 2 is 2.32 bits per heavy atom. The summed E-state index contributed by atoms with van der Waals surface area (Å²) in [5.41, 5.74) is 0.569. The summed E-state index contributed by atoms with van der Waals surface area (Å²) in [7, 11) is 0. The number of carbonyl (C=O) groups is 1. The molecule has 4 nitrogen and oxygen atoms in total. The molecule has 2 aromatic rings. The lowest BCUT2D eigenvalue weighted by atomic mass is 10.1. The van der Waals surface area contributed by atoms with Crippen LogP contribution in [0.5, 0.6) is 0 Å². The SMILES string of the molecule is CCc1nsc(SCc2ccc(F)cc2C(=O)O)n1. The van der Waals surface area contributed by atoms with Gasteiger partial charge < -0.3 is 5.11 Å². The third kappa shape index (κ3) is 3.51. The molecule has 2 rings (SSSR count). The number of nitrogens with zero attached hydrogens (tertiary/aromatic N) is 2. The van der Waals surface area contributed by atoms with Crippen LogP contribution < -0.4 is 0 Å². The highest BCUT2D eigenvalue weighted by atomic mass is 32.2. The lowest BCUT2D eigenvalue weighted by Gasteiger charge is -2.04. The van der Waals surface area contributed by atoms with Crippen LogP contribution in [0, 0.1) is 5.82 Å². The number of carboxylic acids is 1. The second-order valence-electron chi connectivity index (χ2n) is 3.73. The molecule has 0 saturated carbocycles. The van der Waals surface area contributed by atoms with E-state index in [9.17, 15) is 9.18 Å². The molecular formula is C12H11FN2O2S2. The molecule has 0 aliphatic heterocycles. The first-order valence-electron chi connectivity index (χ1n) is 5.57. The van der Waals surface area contributed by atoms with E-state index in [0.29, 0.717) is 11.3 Å². The van der Waals surface area contributed by atoms with Gasteiger partial charge in [0.15, 0.2) is 4.34 Å². The average molecular weight is 298 g/mol. The van der Waals surface area contributed by atoms with Crippen LogP contribution in [-0.2, 0) is 12.2 Å². The van der Waals surface area contributed by atoms with Crippen LogP contribution >= 0.6 is 23.3 Å². The smallest absolute Gasteiger partial charge is 0.336 e. The lowest BCUT2D eigenvalue weighted by molar-refractivity contribution is 0.0695. The highest BCUT2D eigenvalue weighted by Gasteiger charge is 2.12. The molecule has 0 amide bonds. The van der Waals surface area contributed by atoms with E-state index in [1.807, 2.05) is 6.92 Å².